The van der Waals surface area contributed by atoms with E-state index in [4.69, 9.17) is 0 Å². The van der Waals surface area contributed by atoms with Crippen molar-refractivity contribution in [3.8, 4) is 0 Å². The topological polar surface area (TPSA) is 20.3 Å². The Morgan fingerprint density at radius 2 is 1.83 bits per heavy atom. The van der Waals surface area contributed by atoms with Gasteiger partial charge in [-0.15, -0.1) is 0 Å². The molecule has 0 spiro atoms. The zero-order chi connectivity index (χ0) is 13.4. The SMILES string of the molecule is CC1(C)C(=O)N(Cc2ccccc2)C[C@]1(C)CBr. The summed E-state index contributed by atoms with van der Waals surface area (Å²) in [5.41, 5.74) is 0.893. The van der Waals surface area contributed by atoms with Gasteiger partial charge >= 0.3 is 0 Å². The molecule has 1 fully saturated rings. The minimum absolute atomic E-state index is 0.00113. The van der Waals surface area contributed by atoms with Gasteiger partial charge in [-0.2, -0.15) is 0 Å². The molecule has 18 heavy (non-hydrogen) atoms. The molecular formula is C15H20BrNO. The van der Waals surface area contributed by atoms with Crippen molar-refractivity contribution >= 4 is 21.8 Å². The monoisotopic (exact) mass is 309 g/mol. The van der Waals surface area contributed by atoms with Crippen LogP contribution in [0.15, 0.2) is 30.3 Å². The standard InChI is InChI=1S/C15H20BrNO/c1-14(2)13(18)17(11-15(14,3)10-16)9-12-7-5-4-6-8-12/h4-8H,9-11H2,1-3H3/t15-/m0/s1. The lowest BCUT2D eigenvalue weighted by Gasteiger charge is -2.32. The molecule has 1 aliphatic heterocycles. The lowest BCUT2D eigenvalue weighted by molar-refractivity contribution is -0.136. The van der Waals surface area contributed by atoms with Gasteiger partial charge in [-0.05, 0) is 5.56 Å². The fourth-order valence-corrected chi connectivity index (χ4v) is 3.36. The Balaban J connectivity index is 2.20. The number of hydrogen-bond acceptors (Lipinski definition) is 1. The highest BCUT2D eigenvalue weighted by Crippen LogP contribution is 2.48. The number of carbonyl (C=O) groups excluding carboxylic acids is 1. The van der Waals surface area contributed by atoms with Crippen molar-refractivity contribution < 1.29 is 4.79 Å². The van der Waals surface area contributed by atoms with Gasteiger partial charge in [-0.25, -0.2) is 0 Å². The summed E-state index contributed by atoms with van der Waals surface area (Å²) >= 11 is 3.57. The summed E-state index contributed by atoms with van der Waals surface area (Å²) in [4.78, 5) is 14.5. The molecule has 3 heteroatoms. The maximum absolute atomic E-state index is 12.5. The van der Waals surface area contributed by atoms with E-state index >= 15 is 0 Å². The van der Waals surface area contributed by atoms with Gasteiger partial charge in [0.15, 0.2) is 0 Å². The van der Waals surface area contributed by atoms with Crippen molar-refractivity contribution in [3.63, 3.8) is 0 Å². The van der Waals surface area contributed by atoms with E-state index in [0.717, 1.165) is 11.9 Å². The maximum atomic E-state index is 12.5. The van der Waals surface area contributed by atoms with Crippen LogP contribution >= 0.6 is 15.9 Å². The van der Waals surface area contributed by atoms with Crippen molar-refractivity contribution in [2.45, 2.75) is 27.3 Å². The second kappa shape index (κ2) is 4.69. The van der Waals surface area contributed by atoms with Gasteiger partial charge < -0.3 is 4.90 Å². The zero-order valence-electron chi connectivity index (χ0n) is 11.2. The first-order valence-corrected chi connectivity index (χ1v) is 7.42. The Hall–Kier alpha value is -0.830. The molecule has 0 radical (unpaired) electrons. The van der Waals surface area contributed by atoms with Crippen LogP contribution in [0, 0.1) is 10.8 Å². The van der Waals surface area contributed by atoms with E-state index in [9.17, 15) is 4.79 Å². The highest BCUT2D eigenvalue weighted by Gasteiger charge is 2.54. The predicted molar refractivity (Wildman–Crippen MR) is 77.5 cm³/mol. The van der Waals surface area contributed by atoms with Gasteiger partial charge in [-0.3, -0.25) is 4.79 Å². The number of nitrogens with zero attached hydrogens (tertiary/aromatic N) is 1. The van der Waals surface area contributed by atoms with E-state index in [-0.39, 0.29) is 16.7 Å². The van der Waals surface area contributed by atoms with Gasteiger partial charge in [0.1, 0.15) is 0 Å². The highest BCUT2D eigenvalue weighted by molar-refractivity contribution is 9.09. The maximum Gasteiger partial charge on any atom is 0.229 e. The molecule has 1 aromatic carbocycles. The lowest BCUT2D eigenvalue weighted by atomic mass is 9.70. The zero-order valence-corrected chi connectivity index (χ0v) is 12.8. The molecule has 0 aliphatic carbocycles. The lowest BCUT2D eigenvalue weighted by Crippen LogP contribution is -2.37. The van der Waals surface area contributed by atoms with Gasteiger partial charge in [0.05, 0.1) is 5.41 Å². The second-order valence-corrected chi connectivity index (χ2v) is 6.53. The van der Waals surface area contributed by atoms with Crippen LogP contribution in [0.4, 0.5) is 0 Å². The molecule has 0 bridgehead atoms. The van der Waals surface area contributed by atoms with Crippen molar-refractivity contribution in [2.24, 2.45) is 10.8 Å². The summed E-state index contributed by atoms with van der Waals surface area (Å²) in [6.07, 6.45) is 0. The number of halogens is 1. The van der Waals surface area contributed by atoms with Crippen LogP contribution in [-0.2, 0) is 11.3 Å². The van der Waals surface area contributed by atoms with Crippen LogP contribution in [0.2, 0.25) is 0 Å². The molecule has 1 saturated heterocycles. The Morgan fingerprint density at radius 1 is 1.22 bits per heavy atom. The van der Waals surface area contributed by atoms with Crippen molar-refractivity contribution in [3.05, 3.63) is 35.9 Å². The Bertz CT molecular complexity index is 443. The highest BCUT2D eigenvalue weighted by atomic mass is 79.9. The summed E-state index contributed by atoms with van der Waals surface area (Å²) in [5, 5.41) is 0.851. The molecule has 2 rings (SSSR count). The van der Waals surface area contributed by atoms with Crippen molar-refractivity contribution in [2.75, 3.05) is 11.9 Å². The molecule has 0 N–H and O–H groups in total. The van der Waals surface area contributed by atoms with Gasteiger partial charge in [0, 0.05) is 23.8 Å². The summed E-state index contributed by atoms with van der Waals surface area (Å²) in [7, 11) is 0. The fourth-order valence-electron chi connectivity index (χ4n) is 2.48. The molecule has 0 aromatic heterocycles. The molecule has 1 aliphatic rings. The molecule has 0 saturated carbocycles. The van der Waals surface area contributed by atoms with Crippen LogP contribution in [0.5, 0.6) is 0 Å². The number of benzene rings is 1. The minimum atomic E-state index is -0.300. The summed E-state index contributed by atoms with van der Waals surface area (Å²) < 4.78 is 0. The molecule has 1 heterocycles. The third-order valence-electron chi connectivity index (χ3n) is 4.38. The summed E-state index contributed by atoms with van der Waals surface area (Å²) in [6, 6.07) is 10.2. The molecule has 0 unspecified atom stereocenters. The van der Waals surface area contributed by atoms with Crippen LogP contribution < -0.4 is 0 Å². The number of rotatable bonds is 3. The normalized spacial score (nSPS) is 26.7. The quantitative estimate of drug-likeness (QED) is 0.783. The van der Waals surface area contributed by atoms with Gasteiger partial charge in [-0.1, -0.05) is 67.0 Å². The number of carbonyl (C=O) groups is 1. The molecular weight excluding hydrogens is 290 g/mol. The van der Waals surface area contributed by atoms with Gasteiger partial charge in [0.2, 0.25) is 5.91 Å². The smallest absolute Gasteiger partial charge is 0.229 e. The number of amides is 1. The Morgan fingerprint density at radius 3 is 2.33 bits per heavy atom. The second-order valence-electron chi connectivity index (χ2n) is 5.97. The molecule has 2 nitrogen and oxygen atoms in total. The van der Waals surface area contributed by atoms with Crippen molar-refractivity contribution in [1.29, 1.82) is 0 Å². The van der Waals surface area contributed by atoms with E-state index < -0.39 is 0 Å². The molecule has 1 atom stereocenters. The number of hydrogen-bond donors (Lipinski definition) is 0. The molecule has 1 amide bonds. The van der Waals surface area contributed by atoms with Crippen LogP contribution in [-0.4, -0.2) is 22.7 Å². The van der Waals surface area contributed by atoms with E-state index in [1.807, 2.05) is 23.1 Å². The van der Waals surface area contributed by atoms with Crippen LogP contribution in [0.3, 0.4) is 0 Å². The third kappa shape index (κ3) is 2.09. The van der Waals surface area contributed by atoms with Crippen LogP contribution in [0.25, 0.3) is 0 Å². The number of likely N-dealkylation sites (tertiary alicyclic amines) is 1. The largest absolute Gasteiger partial charge is 0.337 e. The van der Waals surface area contributed by atoms with Crippen molar-refractivity contribution in [1.82, 2.24) is 4.90 Å². The van der Waals surface area contributed by atoms with E-state index in [1.165, 1.54) is 5.56 Å². The third-order valence-corrected chi connectivity index (χ3v) is 5.62. The first kappa shape index (κ1) is 13.6. The average molecular weight is 310 g/mol. The minimum Gasteiger partial charge on any atom is -0.337 e. The van der Waals surface area contributed by atoms with Crippen LogP contribution in [0.1, 0.15) is 26.3 Å². The van der Waals surface area contributed by atoms with Gasteiger partial charge in [0.25, 0.3) is 0 Å². The fraction of sp³-hybridized carbons (Fsp3) is 0.533. The Kier molecular flexibility index (Phi) is 3.54. The molecule has 98 valence electrons. The van der Waals surface area contributed by atoms with E-state index in [2.05, 4.69) is 48.8 Å². The summed E-state index contributed by atoms with van der Waals surface area (Å²) in [6.45, 7) is 7.83. The van der Waals surface area contributed by atoms with E-state index in [1.54, 1.807) is 0 Å². The average Bonchev–Trinajstić information content (AvgIpc) is 2.53. The predicted octanol–water partition coefficient (Wildman–Crippen LogP) is 3.46. The number of alkyl halides is 1. The van der Waals surface area contributed by atoms with E-state index in [0.29, 0.717) is 6.54 Å². The summed E-state index contributed by atoms with van der Waals surface area (Å²) in [5.74, 6) is 0.258. The first-order valence-electron chi connectivity index (χ1n) is 6.30. The Labute approximate surface area is 117 Å². The molecule has 1 aromatic rings. The first-order chi connectivity index (χ1) is 8.40.